The predicted molar refractivity (Wildman–Crippen MR) is 132 cm³/mol. The summed E-state index contributed by atoms with van der Waals surface area (Å²) in [6.07, 6.45) is 0. The third-order valence-electron chi connectivity index (χ3n) is 4.80. The number of nitrogens with one attached hydrogen (secondary N) is 1. The van der Waals surface area contributed by atoms with Crippen LogP contribution in [0, 0.1) is 20.8 Å². The maximum Gasteiger partial charge on any atom is 0.278 e. The zero-order valence-electron chi connectivity index (χ0n) is 18.1. The number of halogens is 2. The van der Waals surface area contributed by atoms with Gasteiger partial charge in [-0.05, 0) is 68.8 Å². The number of nitrogens with zero attached hydrogens (tertiary/aromatic N) is 5. The molecule has 2 aromatic carbocycles. The molecule has 0 atom stereocenters. The van der Waals surface area contributed by atoms with E-state index in [-0.39, 0.29) is 11.6 Å². The average molecular weight is 499 g/mol. The van der Waals surface area contributed by atoms with E-state index in [1.165, 1.54) is 11.8 Å². The lowest BCUT2D eigenvalue weighted by atomic mass is 10.2. The van der Waals surface area contributed by atoms with Crippen LogP contribution in [0.4, 0.5) is 5.69 Å². The van der Waals surface area contributed by atoms with Crippen LogP contribution in [0.5, 0.6) is 0 Å². The van der Waals surface area contributed by atoms with Gasteiger partial charge in [-0.15, -0.1) is 5.10 Å². The number of rotatable bonds is 6. The van der Waals surface area contributed by atoms with E-state index in [0.29, 0.717) is 32.3 Å². The molecule has 4 aromatic rings. The molecule has 2 aromatic heterocycles. The van der Waals surface area contributed by atoms with Crippen molar-refractivity contribution in [3.05, 3.63) is 86.9 Å². The molecule has 7 nitrogen and oxygen atoms in total. The molecule has 4 rings (SSSR count). The Morgan fingerprint density at radius 2 is 1.64 bits per heavy atom. The summed E-state index contributed by atoms with van der Waals surface area (Å²) in [6, 6.07) is 14.4. The van der Waals surface area contributed by atoms with Crippen molar-refractivity contribution < 1.29 is 4.79 Å². The molecule has 1 N–H and O–H groups in total. The van der Waals surface area contributed by atoms with Gasteiger partial charge in [-0.2, -0.15) is 0 Å². The minimum atomic E-state index is -0.377. The summed E-state index contributed by atoms with van der Waals surface area (Å²) in [7, 11) is 0. The van der Waals surface area contributed by atoms with Gasteiger partial charge >= 0.3 is 0 Å². The first-order valence-electron chi connectivity index (χ1n) is 10.0. The molecule has 0 bridgehead atoms. The van der Waals surface area contributed by atoms with Crippen molar-refractivity contribution in [2.45, 2.75) is 31.7 Å². The molecule has 168 valence electrons. The highest BCUT2D eigenvalue weighted by Gasteiger charge is 2.22. The largest absolute Gasteiger partial charge is 0.320 e. The molecule has 0 aliphatic heterocycles. The Labute approximate surface area is 205 Å². The maximum atomic E-state index is 13.2. The normalized spacial score (nSPS) is 10.9. The second kappa shape index (κ2) is 9.91. The van der Waals surface area contributed by atoms with Gasteiger partial charge in [-0.25, -0.2) is 14.6 Å². The van der Waals surface area contributed by atoms with Crippen LogP contribution in [0.1, 0.15) is 33.1 Å². The fraction of sp³-hybridized carbons (Fsp3) is 0.174. The van der Waals surface area contributed by atoms with E-state index >= 15 is 0 Å². The van der Waals surface area contributed by atoms with Gasteiger partial charge in [0.1, 0.15) is 0 Å². The molecule has 0 fully saturated rings. The number of anilines is 1. The number of aryl methyl sites for hydroxylation is 3. The number of carbonyl (C=O) groups is 1. The van der Waals surface area contributed by atoms with Crippen LogP contribution >= 0.6 is 35.0 Å². The number of aromatic nitrogens is 5. The third-order valence-corrected chi connectivity index (χ3v) is 6.14. The van der Waals surface area contributed by atoms with Gasteiger partial charge < -0.3 is 5.32 Å². The van der Waals surface area contributed by atoms with Crippen molar-refractivity contribution in [2.75, 3.05) is 5.32 Å². The molecule has 0 aliphatic carbocycles. The van der Waals surface area contributed by atoms with Crippen molar-refractivity contribution in [2.24, 2.45) is 0 Å². The van der Waals surface area contributed by atoms with Crippen molar-refractivity contribution in [3.8, 4) is 5.69 Å². The van der Waals surface area contributed by atoms with Crippen molar-refractivity contribution in [1.82, 2.24) is 25.0 Å². The summed E-state index contributed by atoms with van der Waals surface area (Å²) in [6.45, 7) is 5.74. The standard InChI is InChI=1S/C23H20Cl2N6OS/c1-13-4-5-17(25)11-19(13)28-22(32)21-20(12-33-23-26-14(2)10-15(3)27-23)31(30-29-21)18-8-6-16(24)7-9-18/h4-11H,12H2,1-3H3,(H,28,32). The molecule has 1 amide bonds. The molecule has 10 heteroatoms. The fourth-order valence-corrected chi connectivity index (χ4v) is 4.44. The monoisotopic (exact) mass is 498 g/mol. The van der Waals surface area contributed by atoms with Crippen LogP contribution in [0.2, 0.25) is 10.0 Å². The summed E-state index contributed by atoms with van der Waals surface area (Å²) < 4.78 is 1.63. The summed E-state index contributed by atoms with van der Waals surface area (Å²) in [4.78, 5) is 22.1. The lowest BCUT2D eigenvalue weighted by Crippen LogP contribution is -2.16. The van der Waals surface area contributed by atoms with Gasteiger partial charge in [-0.1, -0.05) is 46.2 Å². The van der Waals surface area contributed by atoms with E-state index < -0.39 is 0 Å². The highest BCUT2D eigenvalue weighted by Crippen LogP contribution is 2.26. The van der Waals surface area contributed by atoms with Gasteiger partial charge in [0, 0.05) is 32.9 Å². The van der Waals surface area contributed by atoms with E-state index in [1.807, 2.05) is 45.0 Å². The zero-order valence-corrected chi connectivity index (χ0v) is 20.5. The fourth-order valence-electron chi connectivity index (χ4n) is 3.20. The summed E-state index contributed by atoms with van der Waals surface area (Å²) in [5.41, 5.74) is 4.82. The summed E-state index contributed by atoms with van der Waals surface area (Å²) in [5.74, 6) is 0.00743. The topological polar surface area (TPSA) is 85.6 Å². The number of amides is 1. The van der Waals surface area contributed by atoms with Gasteiger partial charge in [-0.3, -0.25) is 4.79 Å². The number of hydrogen-bond donors (Lipinski definition) is 1. The van der Waals surface area contributed by atoms with Crippen LogP contribution in [0.3, 0.4) is 0 Å². The van der Waals surface area contributed by atoms with Gasteiger partial charge in [0.2, 0.25) is 0 Å². The van der Waals surface area contributed by atoms with Gasteiger partial charge in [0.15, 0.2) is 10.9 Å². The summed E-state index contributed by atoms with van der Waals surface area (Å²) in [5, 5.41) is 13.1. The number of benzene rings is 2. The number of carbonyl (C=O) groups excluding carboxylic acids is 1. The van der Waals surface area contributed by atoms with Crippen LogP contribution in [-0.2, 0) is 5.75 Å². The lowest BCUT2D eigenvalue weighted by Gasteiger charge is -2.10. The first kappa shape index (κ1) is 23.2. The predicted octanol–water partition coefficient (Wildman–Crippen LogP) is 5.83. The van der Waals surface area contributed by atoms with E-state index in [1.54, 1.807) is 28.9 Å². The molecule has 0 unspecified atom stereocenters. The SMILES string of the molecule is Cc1cc(C)nc(SCc2c(C(=O)Nc3cc(Cl)ccc3C)nnn2-c2ccc(Cl)cc2)n1. The van der Waals surface area contributed by atoms with Crippen molar-refractivity contribution >= 4 is 46.6 Å². The van der Waals surface area contributed by atoms with Crippen LogP contribution in [-0.4, -0.2) is 30.9 Å². The van der Waals surface area contributed by atoms with Gasteiger partial charge in [0.05, 0.1) is 11.4 Å². The van der Waals surface area contributed by atoms with Crippen molar-refractivity contribution in [1.29, 1.82) is 0 Å². The highest BCUT2D eigenvalue weighted by molar-refractivity contribution is 7.98. The lowest BCUT2D eigenvalue weighted by molar-refractivity contribution is 0.102. The second-order valence-electron chi connectivity index (χ2n) is 7.41. The first-order valence-corrected chi connectivity index (χ1v) is 11.8. The van der Waals surface area contributed by atoms with Gasteiger partial charge in [0.25, 0.3) is 5.91 Å². The third kappa shape index (κ3) is 5.52. The van der Waals surface area contributed by atoms with Crippen LogP contribution < -0.4 is 5.32 Å². The van der Waals surface area contributed by atoms with E-state index in [0.717, 1.165) is 22.6 Å². The highest BCUT2D eigenvalue weighted by atomic mass is 35.5. The first-order chi connectivity index (χ1) is 15.8. The molecule has 2 heterocycles. The van der Waals surface area contributed by atoms with E-state index in [4.69, 9.17) is 23.2 Å². The van der Waals surface area contributed by atoms with E-state index in [2.05, 4.69) is 25.6 Å². The van der Waals surface area contributed by atoms with Crippen LogP contribution in [0.15, 0.2) is 53.7 Å². The molecular formula is C23H20Cl2N6OS. The number of hydrogen-bond acceptors (Lipinski definition) is 6. The zero-order chi connectivity index (χ0) is 23.5. The molecule has 0 saturated heterocycles. The quantitative estimate of drug-likeness (QED) is 0.265. The van der Waals surface area contributed by atoms with Crippen LogP contribution in [0.25, 0.3) is 5.69 Å². The maximum absolute atomic E-state index is 13.2. The number of thioether (sulfide) groups is 1. The average Bonchev–Trinajstić information content (AvgIpc) is 3.19. The molecular weight excluding hydrogens is 479 g/mol. The Kier molecular flexibility index (Phi) is 6.97. The molecule has 0 spiro atoms. The Morgan fingerprint density at radius 1 is 0.970 bits per heavy atom. The molecule has 0 saturated carbocycles. The minimum absolute atomic E-state index is 0.209. The van der Waals surface area contributed by atoms with Crippen molar-refractivity contribution in [3.63, 3.8) is 0 Å². The second-order valence-corrected chi connectivity index (χ2v) is 9.22. The minimum Gasteiger partial charge on any atom is -0.320 e. The molecule has 33 heavy (non-hydrogen) atoms. The smallest absolute Gasteiger partial charge is 0.278 e. The molecule has 0 radical (unpaired) electrons. The Morgan fingerprint density at radius 3 is 2.33 bits per heavy atom. The Hall–Kier alpha value is -2.94. The Balaban J connectivity index is 1.69. The summed E-state index contributed by atoms with van der Waals surface area (Å²) >= 11 is 13.6. The van der Waals surface area contributed by atoms with E-state index in [9.17, 15) is 4.79 Å². The Bertz CT molecular complexity index is 1300. The molecule has 0 aliphatic rings.